The summed E-state index contributed by atoms with van der Waals surface area (Å²) in [5.74, 6) is -3.82. The minimum absolute atomic E-state index is 0.0640. The fourth-order valence-corrected chi connectivity index (χ4v) is 2.97. The molecule has 0 saturated carbocycles. The standard InChI is InChI=1S/C14H10BrF3IN/c1-20-14(9-6-7(19)2-4-10(9)15)8-3-5-11(16)13(18)12(8)17/h2-6,14,20H,1H3. The quantitative estimate of drug-likeness (QED) is 0.518. The molecule has 0 bridgehead atoms. The molecule has 0 heterocycles. The van der Waals surface area contributed by atoms with Crippen LogP contribution in [0.15, 0.2) is 34.8 Å². The van der Waals surface area contributed by atoms with Crippen LogP contribution in [0, 0.1) is 21.0 Å². The van der Waals surface area contributed by atoms with Crippen LogP contribution in [0.3, 0.4) is 0 Å². The summed E-state index contributed by atoms with van der Waals surface area (Å²) in [6.45, 7) is 0. The van der Waals surface area contributed by atoms with E-state index in [0.29, 0.717) is 0 Å². The van der Waals surface area contributed by atoms with Crippen LogP contribution < -0.4 is 5.32 Å². The zero-order valence-corrected chi connectivity index (χ0v) is 14.1. The lowest BCUT2D eigenvalue weighted by atomic mass is 9.98. The molecule has 106 valence electrons. The van der Waals surface area contributed by atoms with E-state index in [2.05, 4.69) is 43.8 Å². The van der Waals surface area contributed by atoms with E-state index in [-0.39, 0.29) is 5.56 Å². The average Bonchev–Trinajstić information content (AvgIpc) is 2.43. The second kappa shape index (κ2) is 6.44. The van der Waals surface area contributed by atoms with Gasteiger partial charge in [0.05, 0.1) is 6.04 Å². The Hall–Kier alpha value is -0.600. The highest BCUT2D eigenvalue weighted by molar-refractivity contribution is 14.1. The molecule has 0 saturated heterocycles. The summed E-state index contributed by atoms with van der Waals surface area (Å²) < 4.78 is 42.1. The first-order valence-electron chi connectivity index (χ1n) is 5.71. The summed E-state index contributed by atoms with van der Waals surface area (Å²) in [4.78, 5) is 0. The summed E-state index contributed by atoms with van der Waals surface area (Å²) >= 11 is 5.53. The Bertz CT molecular complexity index is 649. The molecular formula is C14H10BrF3IN. The normalized spacial score (nSPS) is 12.5. The smallest absolute Gasteiger partial charge is 0.194 e. The Morgan fingerprint density at radius 1 is 1.05 bits per heavy atom. The molecule has 2 aromatic carbocycles. The Labute approximate surface area is 136 Å². The van der Waals surface area contributed by atoms with Gasteiger partial charge >= 0.3 is 0 Å². The van der Waals surface area contributed by atoms with Gasteiger partial charge in [0.2, 0.25) is 0 Å². The molecule has 0 aromatic heterocycles. The van der Waals surface area contributed by atoms with Crippen molar-refractivity contribution < 1.29 is 13.2 Å². The first kappa shape index (κ1) is 15.8. The molecule has 0 radical (unpaired) electrons. The monoisotopic (exact) mass is 455 g/mol. The third kappa shape index (κ3) is 3.01. The van der Waals surface area contributed by atoms with Gasteiger partial charge < -0.3 is 5.32 Å². The zero-order chi connectivity index (χ0) is 14.9. The van der Waals surface area contributed by atoms with Crippen LogP contribution in [0.1, 0.15) is 17.2 Å². The van der Waals surface area contributed by atoms with Gasteiger partial charge in [-0.15, -0.1) is 0 Å². The van der Waals surface area contributed by atoms with Crippen molar-refractivity contribution in [2.75, 3.05) is 7.05 Å². The molecule has 2 aromatic rings. The molecule has 0 amide bonds. The van der Waals surface area contributed by atoms with Crippen LogP contribution in [-0.4, -0.2) is 7.05 Å². The maximum absolute atomic E-state index is 13.9. The van der Waals surface area contributed by atoms with Crippen LogP contribution in [-0.2, 0) is 0 Å². The third-order valence-corrected chi connectivity index (χ3v) is 4.33. The highest BCUT2D eigenvalue weighted by atomic mass is 127. The molecule has 0 aliphatic heterocycles. The van der Waals surface area contributed by atoms with Gasteiger partial charge in [0.1, 0.15) is 0 Å². The molecule has 2 rings (SSSR count). The predicted octanol–water partition coefficient (Wildman–Crippen LogP) is 4.78. The lowest BCUT2D eigenvalue weighted by Crippen LogP contribution is -2.20. The maximum Gasteiger partial charge on any atom is 0.194 e. The Morgan fingerprint density at radius 2 is 1.75 bits per heavy atom. The van der Waals surface area contributed by atoms with Gasteiger partial charge in [-0.3, -0.25) is 0 Å². The van der Waals surface area contributed by atoms with Crippen LogP contribution in [0.4, 0.5) is 13.2 Å². The Kier molecular flexibility index (Phi) is 5.09. The van der Waals surface area contributed by atoms with Crippen molar-refractivity contribution in [2.24, 2.45) is 0 Å². The van der Waals surface area contributed by atoms with E-state index >= 15 is 0 Å². The lowest BCUT2D eigenvalue weighted by Gasteiger charge is -2.20. The fourth-order valence-electron chi connectivity index (χ4n) is 1.98. The number of hydrogen-bond donors (Lipinski definition) is 1. The molecule has 1 atom stereocenters. The molecule has 1 unspecified atom stereocenters. The molecule has 0 fully saturated rings. The van der Waals surface area contributed by atoms with Crippen molar-refractivity contribution in [3.8, 4) is 0 Å². The number of nitrogens with one attached hydrogen (secondary N) is 1. The van der Waals surface area contributed by atoms with Gasteiger partial charge in [-0.25, -0.2) is 13.2 Å². The molecule has 0 spiro atoms. The van der Waals surface area contributed by atoms with E-state index in [1.54, 1.807) is 7.05 Å². The number of benzene rings is 2. The van der Waals surface area contributed by atoms with Gasteiger partial charge in [0.25, 0.3) is 0 Å². The summed E-state index contributed by atoms with van der Waals surface area (Å²) in [5, 5.41) is 2.93. The van der Waals surface area contributed by atoms with E-state index in [1.165, 1.54) is 6.07 Å². The van der Waals surface area contributed by atoms with Crippen LogP contribution in [0.25, 0.3) is 0 Å². The minimum atomic E-state index is -1.45. The van der Waals surface area contributed by atoms with Crippen molar-refractivity contribution >= 4 is 38.5 Å². The first-order chi connectivity index (χ1) is 9.45. The van der Waals surface area contributed by atoms with E-state index in [0.717, 1.165) is 19.7 Å². The van der Waals surface area contributed by atoms with Gasteiger partial charge in [-0.1, -0.05) is 22.0 Å². The largest absolute Gasteiger partial charge is 0.309 e. The maximum atomic E-state index is 13.9. The van der Waals surface area contributed by atoms with Crippen LogP contribution >= 0.6 is 38.5 Å². The van der Waals surface area contributed by atoms with E-state index in [1.807, 2.05) is 18.2 Å². The van der Waals surface area contributed by atoms with Crippen molar-refractivity contribution in [2.45, 2.75) is 6.04 Å². The van der Waals surface area contributed by atoms with Crippen molar-refractivity contribution in [1.29, 1.82) is 0 Å². The SMILES string of the molecule is CNC(c1cc(I)ccc1Br)c1ccc(F)c(F)c1F. The highest BCUT2D eigenvalue weighted by Crippen LogP contribution is 2.32. The van der Waals surface area contributed by atoms with Crippen molar-refractivity contribution in [1.82, 2.24) is 5.32 Å². The molecule has 1 nitrogen and oxygen atoms in total. The summed E-state index contributed by atoms with van der Waals surface area (Å²) in [5.41, 5.74) is 0.818. The summed E-state index contributed by atoms with van der Waals surface area (Å²) in [6, 6.07) is 7.18. The van der Waals surface area contributed by atoms with E-state index in [4.69, 9.17) is 0 Å². The Morgan fingerprint density at radius 3 is 2.40 bits per heavy atom. The van der Waals surface area contributed by atoms with Crippen LogP contribution in [0.5, 0.6) is 0 Å². The van der Waals surface area contributed by atoms with Crippen molar-refractivity contribution in [3.63, 3.8) is 0 Å². The highest BCUT2D eigenvalue weighted by Gasteiger charge is 2.22. The van der Waals surface area contributed by atoms with E-state index < -0.39 is 23.5 Å². The second-order valence-electron chi connectivity index (χ2n) is 4.15. The number of halogens is 5. The number of hydrogen-bond acceptors (Lipinski definition) is 1. The van der Waals surface area contributed by atoms with Crippen molar-refractivity contribution in [3.05, 3.63) is 67.0 Å². The predicted molar refractivity (Wildman–Crippen MR) is 84.1 cm³/mol. The Balaban J connectivity index is 2.58. The topological polar surface area (TPSA) is 12.0 Å². The summed E-state index contributed by atoms with van der Waals surface area (Å²) in [7, 11) is 1.64. The molecule has 20 heavy (non-hydrogen) atoms. The zero-order valence-electron chi connectivity index (χ0n) is 10.4. The molecule has 6 heteroatoms. The third-order valence-electron chi connectivity index (χ3n) is 2.93. The van der Waals surface area contributed by atoms with Gasteiger partial charge in [0.15, 0.2) is 17.5 Å². The number of rotatable bonds is 3. The minimum Gasteiger partial charge on any atom is -0.309 e. The molecule has 0 aliphatic carbocycles. The van der Waals surface area contributed by atoms with Gasteiger partial charge in [-0.2, -0.15) is 0 Å². The lowest BCUT2D eigenvalue weighted by molar-refractivity contribution is 0.435. The molecule has 1 N–H and O–H groups in total. The second-order valence-corrected chi connectivity index (χ2v) is 6.25. The van der Waals surface area contributed by atoms with Crippen LogP contribution in [0.2, 0.25) is 0 Å². The molecule has 0 aliphatic rings. The first-order valence-corrected chi connectivity index (χ1v) is 7.58. The van der Waals surface area contributed by atoms with E-state index in [9.17, 15) is 13.2 Å². The van der Waals surface area contributed by atoms with Gasteiger partial charge in [0, 0.05) is 13.6 Å². The fraction of sp³-hybridized carbons (Fsp3) is 0.143. The van der Waals surface area contributed by atoms with Gasteiger partial charge in [-0.05, 0) is 59.5 Å². The molecular weight excluding hydrogens is 446 g/mol. The average molecular weight is 456 g/mol. The summed E-state index contributed by atoms with van der Waals surface area (Å²) in [6.07, 6.45) is 0.